The monoisotopic (exact) mass is 277 g/mol. The number of hydrogen-bond acceptors (Lipinski definition) is 6. The number of oxime groups is 1. The average Bonchev–Trinajstić information content (AvgIpc) is 2.62. The molecule has 0 fully saturated rings. The number of sulfonamides is 1. The third kappa shape index (κ3) is 3.16. The highest BCUT2D eigenvalue weighted by molar-refractivity contribution is 7.94. The Morgan fingerprint density at radius 1 is 1.53 bits per heavy atom. The smallest absolute Gasteiger partial charge is 0.239 e. The predicted molar refractivity (Wildman–Crippen MR) is 68.4 cm³/mol. The van der Waals surface area contributed by atoms with Gasteiger partial charge in [0.25, 0.3) is 0 Å². The van der Waals surface area contributed by atoms with Crippen LogP contribution in [0.4, 0.5) is 5.13 Å². The van der Waals surface area contributed by atoms with E-state index in [1.807, 2.05) is 0 Å². The van der Waals surface area contributed by atoms with Crippen molar-refractivity contribution in [3.8, 4) is 0 Å². The van der Waals surface area contributed by atoms with E-state index in [-0.39, 0.29) is 5.13 Å². The maximum Gasteiger partial charge on any atom is 0.239 e. The SMILES string of the molecule is CC(=NO)c1csc(NS(=O)(=O)C(C)(C)C)n1. The van der Waals surface area contributed by atoms with Gasteiger partial charge in [-0.25, -0.2) is 13.4 Å². The van der Waals surface area contributed by atoms with E-state index in [1.165, 1.54) is 0 Å². The molecule has 0 aliphatic rings. The second-order valence-corrected chi connectivity index (χ2v) is 7.74. The van der Waals surface area contributed by atoms with Crippen LogP contribution in [-0.2, 0) is 10.0 Å². The van der Waals surface area contributed by atoms with Crippen molar-refractivity contribution < 1.29 is 13.6 Å². The number of hydrogen-bond donors (Lipinski definition) is 2. The Bertz CT molecular complexity index is 526. The summed E-state index contributed by atoms with van der Waals surface area (Å²) in [5.74, 6) is 0. The third-order valence-electron chi connectivity index (χ3n) is 2.05. The van der Waals surface area contributed by atoms with Gasteiger partial charge in [-0.15, -0.1) is 11.3 Å². The van der Waals surface area contributed by atoms with Gasteiger partial charge in [0.05, 0.1) is 4.75 Å². The number of aromatic nitrogens is 1. The Kier molecular flexibility index (Phi) is 3.78. The fourth-order valence-electron chi connectivity index (χ4n) is 0.806. The molecule has 8 heteroatoms. The molecule has 0 spiro atoms. The van der Waals surface area contributed by atoms with Gasteiger partial charge in [-0.1, -0.05) is 5.16 Å². The molecule has 0 aromatic carbocycles. The van der Waals surface area contributed by atoms with Gasteiger partial charge in [0, 0.05) is 5.38 Å². The van der Waals surface area contributed by atoms with Crippen LogP contribution in [0, 0.1) is 0 Å². The van der Waals surface area contributed by atoms with Crippen molar-refractivity contribution in [2.24, 2.45) is 5.16 Å². The quantitative estimate of drug-likeness (QED) is 0.501. The van der Waals surface area contributed by atoms with Crippen molar-refractivity contribution in [1.82, 2.24) is 4.98 Å². The molecule has 0 bridgehead atoms. The van der Waals surface area contributed by atoms with Crippen molar-refractivity contribution in [2.75, 3.05) is 4.72 Å². The van der Waals surface area contributed by atoms with Crippen LogP contribution in [0.5, 0.6) is 0 Å². The van der Waals surface area contributed by atoms with Gasteiger partial charge in [0.15, 0.2) is 5.13 Å². The van der Waals surface area contributed by atoms with Gasteiger partial charge >= 0.3 is 0 Å². The van der Waals surface area contributed by atoms with E-state index in [0.717, 1.165) is 11.3 Å². The molecule has 96 valence electrons. The fraction of sp³-hybridized carbons (Fsp3) is 0.556. The summed E-state index contributed by atoms with van der Waals surface area (Å²) < 4.78 is 25.2. The topological polar surface area (TPSA) is 91.7 Å². The van der Waals surface area contributed by atoms with E-state index in [2.05, 4.69) is 14.9 Å². The van der Waals surface area contributed by atoms with Crippen molar-refractivity contribution >= 4 is 32.2 Å². The first-order valence-electron chi connectivity index (χ1n) is 4.84. The van der Waals surface area contributed by atoms with Crippen LogP contribution in [-0.4, -0.2) is 29.1 Å². The van der Waals surface area contributed by atoms with Gasteiger partial charge in [0.1, 0.15) is 11.4 Å². The summed E-state index contributed by atoms with van der Waals surface area (Å²) in [4.78, 5) is 4.02. The zero-order chi connectivity index (χ0) is 13.3. The Morgan fingerprint density at radius 2 is 2.12 bits per heavy atom. The Labute approximate surface area is 104 Å². The maximum absolute atomic E-state index is 11.8. The molecule has 0 atom stereocenters. The van der Waals surface area contributed by atoms with Crippen molar-refractivity contribution in [1.29, 1.82) is 0 Å². The molecule has 1 aromatic rings. The van der Waals surface area contributed by atoms with Gasteiger partial charge < -0.3 is 5.21 Å². The summed E-state index contributed by atoms with van der Waals surface area (Å²) in [5.41, 5.74) is 0.784. The molecule has 0 saturated heterocycles. The number of nitrogens with one attached hydrogen (secondary N) is 1. The molecule has 1 aromatic heterocycles. The number of thiazole rings is 1. The van der Waals surface area contributed by atoms with Crippen LogP contribution >= 0.6 is 11.3 Å². The van der Waals surface area contributed by atoms with E-state index < -0.39 is 14.8 Å². The van der Waals surface area contributed by atoms with Crippen LogP contribution in [0.25, 0.3) is 0 Å². The lowest BCUT2D eigenvalue weighted by Gasteiger charge is -2.18. The van der Waals surface area contributed by atoms with Crippen molar-refractivity contribution in [3.05, 3.63) is 11.1 Å². The lowest BCUT2D eigenvalue weighted by Crippen LogP contribution is -2.33. The molecule has 0 radical (unpaired) electrons. The average molecular weight is 277 g/mol. The van der Waals surface area contributed by atoms with Crippen LogP contribution in [0.3, 0.4) is 0 Å². The molecule has 0 aliphatic heterocycles. The number of nitrogens with zero attached hydrogens (tertiary/aromatic N) is 2. The van der Waals surface area contributed by atoms with E-state index >= 15 is 0 Å². The Hall–Kier alpha value is -1.15. The number of rotatable bonds is 3. The molecule has 0 amide bonds. The summed E-state index contributed by atoms with van der Waals surface area (Å²) >= 11 is 1.14. The fourth-order valence-corrected chi connectivity index (χ4v) is 2.51. The molecule has 1 heterocycles. The summed E-state index contributed by atoms with van der Waals surface area (Å²) in [5, 5.41) is 13.5. The van der Waals surface area contributed by atoms with E-state index in [0.29, 0.717) is 11.4 Å². The van der Waals surface area contributed by atoms with E-state index in [9.17, 15) is 8.42 Å². The van der Waals surface area contributed by atoms with Crippen molar-refractivity contribution in [2.45, 2.75) is 32.4 Å². The maximum atomic E-state index is 11.8. The Balaban J connectivity index is 2.95. The minimum Gasteiger partial charge on any atom is -0.411 e. The van der Waals surface area contributed by atoms with Crippen LogP contribution in [0.15, 0.2) is 10.5 Å². The second-order valence-electron chi connectivity index (χ2n) is 4.44. The zero-order valence-corrected chi connectivity index (χ0v) is 11.7. The summed E-state index contributed by atoms with van der Waals surface area (Å²) in [6.45, 7) is 6.38. The molecular weight excluding hydrogens is 262 g/mol. The first kappa shape index (κ1) is 13.9. The molecule has 0 aliphatic carbocycles. The van der Waals surface area contributed by atoms with Gasteiger partial charge in [-0.3, -0.25) is 4.72 Å². The lowest BCUT2D eigenvalue weighted by atomic mass is 10.3. The molecule has 17 heavy (non-hydrogen) atoms. The molecule has 0 saturated carbocycles. The molecular formula is C9H15N3O3S2. The van der Waals surface area contributed by atoms with E-state index in [1.54, 1.807) is 33.1 Å². The predicted octanol–water partition coefficient (Wildman–Crippen LogP) is 1.88. The first-order chi connectivity index (χ1) is 7.67. The highest BCUT2D eigenvalue weighted by Gasteiger charge is 2.29. The summed E-state index contributed by atoms with van der Waals surface area (Å²) in [7, 11) is -3.47. The highest BCUT2D eigenvalue weighted by atomic mass is 32.2. The van der Waals surface area contributed by atoms with Crippen LogP contribution in [0.1, 0.15) is 33.4 Å². The second kappa shape index (κ2) is 4.61. The highest BCUT2D eigenvalue weighted by Crippen LogP contribution is 2.22. The van der Waals surface area contributed by atoms with Crippen LogP contribution < -0.4 is 4.72 Å². The lowest BCUT2D eigenvalue weighted by molar-refractivity contribution is 0.319. The largest absolute Gasteiger partial charge is 0.411 e. The molecule has 1 rings (SSSR count). The first-order valence-corrected chi connectivity index (χ1v) is 7.20. The molecule has 0 unspecified atom stereocenters. The normalized spacial score (nSPS) is 13.8. The summed E-state index contributed by atoms with van der Waals surface area (Å²) in [6.07, 6.45) is 0. The number of anilines is 1. The molecule has 6 nitrogen and oxygen atoms in total. The van der Waals surface area contributed by atoms with Crippen molar-refractivity contribution in [3.63, 3.8) is 0 Å². The van der Waals surface area contributed by atoms with Gasteiger partial charge in [-0.05, 0) is 27.7 Å². The Morgan fingerprint density at radius 3 is 2.59 bits per heavy atom. The zero-order valence-electron chi connectivity index (χ0n) is 10.1. The summed E-state index contributed by atoms with van der Waals surface area (Å²) in [6, 6.07) is 0. The third-order valence-corrected chi connectivity index (χ3v) is 5.01. The molecule has 2 N–H and O–H groups in total. The van der Waals surface area contributed by atoms with Gasteiger partial charge in [0.2, 0.25) is 10.0 Å². The van der Waals surface area contributed by atoms with Gasteiger partial charge in [-0.2, -0.15) is 0 Å². The van der Waals surface area contributed by atoms with Crippen LogP contribution in [0.2, 0.25) is 0 Å². The minimum absolute atomic E-state index is 0.262. The van der Waals surface area contributed by atoms with E-state index in [4.69, 9.17) is 5.21 Å². The standard InChI is InChI=1S/C9H15N3O3S2/c1-6(11-13)7-5-16-8(10-7)12-17(14,15)9(2,3)4/h5,13H,1-4H3,(H,10,12). The minimum atomic E-state index is -3.47.